The van der Waals surface area contributed by atoms with Crippen LogP contribution in [0.15, 0.2) is 24.3 Å². The van der Waals surface area contributed by atoms with Gasteiger partial charge in [-0.3, -0.25) is 9.59 Å². The van der Waals surface area contributed by atoms with E-state index in [0.29, 0.717) is 30.4 Å². The summed E-state index contributed by atoms with van der Waals surface area (Å²) in [6, 6.07) is 0. The fourth-order valence-corrected chi connectivity index (χ4v) is 6.79. The van der Waals surface area contributed by atoms with E-state index in [1.807, 2.05) is 13.8 Å². The SMILES string of the molecule is CCCCCCCC/C=C\CCCCCCCC(=O)O[C@H](C)C[N+](C)(C)C[C@H](C)OC(=O)CCCCCCC/C=C\CCCCCCCC. The second-order valence-corrected chi connectivity index (χ2v) is 15.6. The van der Waals surface area contributed by atoms with E-state index in [2.05, 4.69) is 52.2 Å². The number of ether oxygens (including phenoxy) is 2. The van der Waals surface area contributed by atoms with E-state index in [9.17, 15) is 9.59 Å². The number of hydrogen-bond donors (Lipinski definition) is 0. The van der Waals surface area contributed by atoms with Gasteiger partial charge < -0.3 is 14.0 Å². The third-order valence-electron chi connectivity index (χ3n) is 9.45. The van der Waals surface area contributed by atoms with Gasteiger partial charge in [-0.05, 0) is 78.1 Å². The lowest BCUT2D eigenvalue weighted by molar-refractivity contribution is -0.895. The summed E-state index contributed by atoms with van der Waals surface area (Å²) in [4.78, 5) is 24.8. The number of likely N-dealkylation sites (N-methyl/N-ethyl adjacent to an activating group) is 1. The van der Waals surface area contributed by atoms with Crippen molar-refractivity contribution in [2.24, 2.45) is 0 Å². The summed E-state index contributed by atoms with van der Waals surface area (Å²) in [6.45, 7) is 9.89. The first-order chi connectivity index (χ1) is 23.7. The third kappa shape index (κ3) is 36.0. The molecule has 5 nitrogen and oxygen atoms in total. The Morgan fingerprint density at radius 3 is 1.02 bits per heavy atom. The summed E-state index contributed by atoms with van der Waals surface area (Å²) in [7, 11) is 4.23. The lowest BCUT2D eigenvalue weighted by Gasteiger charge is -2.34. The number of unbranched alkanes of at least 4 members (excludes halogenated alkanes) is 22. The number of carbonyl (C=O) groups is 2. The predicted molar refractivity (Wildman–Crippen MR) is 212 cm³/mol. The number of hydrogen-bond acceptors (Lipinski definition) is 4. The molecular weight excluding hydrogens is 606 g/mol. The maximum absolute atomic E-state index is 12.4. The highest BCUT2D eigenvalue weighted by molar-refractivity contribution is 5.69. The van der Waals surface area contributed by atoms with E-state index in [1.54, 1.807) is 0 Å². The van der Waals surface area contributed by atoms with Gasteiger partial charge in [0, 0.05) is 12.8 Å². The molecule has 0 heterocycles. The van der Waals surface area contributed by atoms with Crippen LogP contribution in [-0.2, 0) is 19.1 Å². The Bertz CT molecular complexity index is 741. The Labute approximate surface area is 306 Å². The zero-order valence-electron chi connectivity index (χ0n) is 33.8. The maximum Gasteiger partial charge on any atom is 0.306 e. The van der Waals surface area contributed by atoms with Crippen LogP contribution in [0.2, 0.25) is 0 Å². The van der Waals surface area contributed by atoms with Crippen LogP contribution in [0, 0.1) is 0 Å². The smallest absolute Gasteiger partial charge is 0.306 e. The average molecular weight is 691 g/mol. The van der Waals surface area contributed by atoms with Crippen molar-refractivity contribution < 1.29 is 23.5 Å². The van der Waals surface area contributed by atoms with E-state index in [4.69, 9.17) is 9.47 Å². The molecule has 0 saturated heterocycles. The molecule has 0 bridgehead atoms. The van der Waals surface area contributed by atoms with Gasteiger partial charge in [-0.1, -0.05) is 141 Å². The van der Waals surface area contributed by atoms with E-state index in [0.717, 1.165) is 25.7 Å². The van der Waals surface area contributed by atoms with Gasteiger partial charge in [-0.2, -0.15) is 0 Å². The summed E-state index contributed by atoms with van der Waals surface area (Å²) in [5.41, 5.74) is 0. The Kier molecular flexibility index (Phi) is 33.7. The topological polar surface area (TPSA) is 52.6 Å². The minimum atomic E-state index is -0.163. The van der Waals surface area contributed by atoms with Crippen molar-refractivity contribution in [2.75, 3.05) is 27.2 Å². The van der Waals surface area contributed by atoms with Crippen LogP contribution in [0.5, 0.6) is 0 Å². The van der Waals surface area contributed by atoms with Crippen LogP contribution >= 0.6 is 0 Å². The molecule has 0 aliphatic heterocycles. The molecule has 0 N–H and O–H groups in total. The molecule has 0 amide bonds. The largest absolute Gasteiger partial charge is 0.457 e. The van der Waals surface area contributed by atoms with Crippen LogP contribution in [0.3, 0.4) is 0 Å². The molecule has 2 atom stereocenters. The molecule has 0 aromatic heterocycles. The van der Waals surface area contributed by atoms with Crippen LogP contribution in [0.25, 0.3) is 0 Å². The zero-order chi connectivity index (χ0) is 36.3. The summed E-state index contributed by atoms with van der Waals surface area (Å²) in [5.74, 6) is -0.186. The van der Waals surface area contributed by atoms with Crippen molar-refractivity contribution in [1.29, 1.82) is 0 Å². The van der Waals surface area contributed by atoms with Gasteiger partial charge >= 0.3 is 11.9 Å². The van der Waals surface area contributed by atoms with Crippen molar-refractivity contribution in [1.82, 2.24) is 0 Å². The summed E-state index contributed by atoms with van der Waals surface area (Å²) in [6.07, 6.45) is 42.6. The van der Waals surface area contributed by atoms with Gasteiger partial charge in [-0.25, -0.2) is 0 Å². The van der Waals surface area contributed by atoms with E-state index in [1.165, 1.54) is 141 Å². The summed E-state index contributed by atoms with van der Waals surface area (Å²) in [5, 5.41) is 0. The zero-order valence-corrected chi connectivity index (χ0v) is 33.8. The molecule has 5 heteroatoms. The highest BCUT2D eigenvalue weighted by Gasteiger charge is 2.26. The Hall–Kier alpha value is -1.62. The highest BCUT2D eigenvalue weighted by atomic mass is 16.5. The minimum Gasteiger partial charge on any atom is -0.457 e. The monoisotopic (exact) mass is 691 g/mol. The molecular formula is C44H84NO4+. The number of nitrogens with zero attached hydrogens (tertiary/aromatic N) is 1. The second kappa shape index (κ2) is 34.8. The molecule has 0 rings (SSSR count). The van der Waals surface area contributed by atoms with Crippen molar-refractivity contribution in [3.63, 3.8) is 0 Å². The quantitative estimate of drug-likeness (QED) is 0.0284. The number of carbonyl (C=O) groups excluding carboxylic acids is 2. The van der Waals surface area contributed by atoms with E-state index >= 15 is 0 Å². The van der Waals surface area contributed by atoms with Gasteiger partial charge in [-0.15, -0.1) is 0 Å². The first kappa shape index (κ1) is 47.4. The van der Waals surface area contributed by atoms with Crippen molar-refractivity contribution >= 4 is 11.9 Å². The molecule has 0 fully saturated rings. The predicted octanol–water partition coefficient (Wildman–Crippen LogP) is 13.0. The molecule has 0 saturated carbocycles. The highest BCUT2D eigenvalue weighted by Crippen LogP contribution is 2.14. The van der Waals surface area contributed by atoms with Crippen molar-refractivity contribution in [3.05, 3.63) is 24.3 Å². The molecule has 0 aliphatic rings. The van der Waals surface area contributed by atoms with Gasteiger partial charge in [0.1, 0.15) is 25.3 Å². The lowest BCUT2D eigenvalue weighted by atomic mass is 10.1. The van der Waals surface area contributed by atoms with Crippen LogP contribution in [-0.4, -0.2) is 55.8 Å². The first-order valence-electron chi connectivity index (χ1n) is 21.2. The van der Waals surface area contributed by atoms with E-state index in [-0.39, 0.29) is 24.1 Å². The van der Waals surface area contributed by atoms with Crippen LogP contribution < -0.4 is 0 Å². The standard InChI is InChI=1S/C44H84NO4/c1-7-9-11-13-15-17-19-21-23-25-27-29-31-33-35-37-43(46)48-41(3)39-45(5,6)40-42(4)49-44(47)38-36-34-32-30-28-26-24-22-20-18-16-14-12-10-8-2/h21-24,41-42H,7-20,25-40H2,1-6H3/q+1/b23-21-,24-22-/t41-,42+. The molecule has 0 radical (unpaired) electrons. The minimum absolute atomic E-state index is 0.0930. The summed E-state index contributed by atoms with van der Waals surface area (Å²) >= 11 is 0. The van der Waals surface area contributed by atoms with Gasteiger partial charge in [0.15, 0.2) is 0 Å². The molecule has 49 heavy (non-hydrogen) atoms. The molecule has 0 aromatic rings. The number of quaternary nitrogens is 1. The number of esters is 2. The van der Waals surface area contributed by atoms with Gasteiger partial charge in [0.25, 0.3) is 0 Å². The van der Waals surface area contributed by atoms with Crippen LogP contribution in [0.4, 0.5) is 0 Å². The van der Waals surface area contributed by atoms with Gasteiger partial charge in [0.2, 0.25) is 0 Å². The Morgan fingerprint density at radius 2 is 0.714 bits per heavy atom. The fraction of sp³-hybridized carbons (Fsp3) is 0.864. The summed E-state index contributed by atoms with van der Waals surface area (Å²) < 4.78 is 12.1. The van der Waals surface area contributed by atoms with Gasteiger partial charge in [0.05, 0.1) is 14.1 Å². The van der Waals surface area contributed by atoms with E-state index < -0.39 is 0 Å². The number of allylic oxidation sites excluding steroid dienone is 4. The van der Waals surface area contributed by atoms with Crippen LogP contribution in [0.1, 0.15) is 207 Å². The molecule has 0 unspecified atom stereocenters. The molecule has 0 aromatic carbocycles. The third-order valence-corrected chi connectivity index (χ3v) is 9.45. The number of rotatable bonds is 36. The van der Waals surface area contributed by atoms with Crippen molar-refractivity contribution in [2.45, 2.75) is 220 Å². The molecule has 0 aliphatic carbocycles. The lowest BCUT2D eigenvalue weighted by Crippen LogP contribution is -2.50. The molecule has 0 spiro atoms. The first-order valence-corrected chi connectivity index (χ1v) is 21.2. The van der Waals surface area contributed by atoms with Crippen molar-refractivity contribution in [3.8, 4) is 0 Å². The molecule has 288 valence electrons. The maximum atomic E-state index is 12.4. The second-order valence-electron chi connectivity index (χ2n) is 15.6. The average Bonchev–Trinajstić information content (AvgIpc) is 3.04. The fourth-order valence-electron chi connectivity index (χ4n) is 6.79. The Balaban J connectivity index is 3.79. The Morgan fingerprint density at radius 1 is 0.449 bits per heavy atom. The normalized spacial score (nSPS) is 13.3.